The van der Waals surface area contributed by atoms with Crippen LogP contribution in [0, 0.1) is 0 Å². The van der Waals surface area contributed by atoms with Crippen LogP contribution in [0.2, 0.25) is 0 Å². The maximum atomic E-state index is 4.68. The predicted octanol–water partition coefficient (Wildman–Crippen LogP) is 1.97. The van der Waals surface area contributed by atoms with Crippen molar-refractivity contribution in [3.8, 4) is 0 Å². The van der Waals surface area contributed by atoms with Crippen molar-refractivity contribution in [3.05, 3.63) is 23.5 Å². The number of hydrogen-bond donors (Lipinski definition) is 1. The van der Waals surface area contributed by atoms with Crippen LogP contribution in [0.15, 0.2) is 17.8 Å². The van der Waals surface area contributed by atoms with E-state index in [1.165, 1.54) is 12.1 Å². The van der Waals surface area contributed by atoms with E-state index < -0.39 is 0 Å². The Kier molecular flexibility index (Phi) is 3.37. The van der Waals surface area contributed by atoms with Gasteiger partial charge in [-0.2, -0.15) is 0 Å². The third kappa shape index (κ3) is 2.30. The number of imidazole rings is 1. The first-order valence-corrected chi connectivity index (χ1v) is 7.52. The number of rotatable bonds is 3. The molecule has 0 bridgehead atoms. The lowest BCUT2D eigenvalue weighted by molar-refractivity contribution is 0.123. The van der Waals surface area contributed by atoms with Gasteiger partial charge in [0, 0.05) is 49.5 Å². The second-order valence-corrected chi connectivity index (χ2v) is 6.00. The van der Waals surface area contributed by atoms with Gasteiger partial charge in [0.25, 0.3) is 0 Å². The molecule has 0 radical (unpaired) electrons. The van der Waals surface area contributed by atoms with Gasteiger partial charge in [0.1, 0.15) is 0 Å². The number of thiazole rings is 1. The Morgan fingerprint density at radius 2 is 2.44 bits per heavy atom. The predicted molar refractivity (Wildman–Crippen MR) is 75.0 cm³/mol. The highest BCUT2D eigenvalue weighted by Gasteiger charge is 2.24. The Labute approximate surface area is 112 Å². The lowest BCUT2D eigenvalue weighted by atomic mass is 10.1. The van der Waals surface area contributed by atoms with Gasteiger partial charge in [-0.15, -0.1) is 11.3 Å². The summed E-state index contributed by atoms with van der Waals surface area (Å²) in [4.78, 5) is 8.34. The topological polar surface area (TPSA) is 32.6 Å². The standard InChI is InChI=1S/C13H20N4S/c1-3-12-6-14-10(2)7-17(12)9-11-8-16-4-5-18-13(16)15-11/h4-5,8,10,12,14H,3,6-7,9H2,1-2H3. The highest BCUT2D eigenvalue weighted by atomic mass is 32.1. The van der Waals surface area contributed by atoms with Gasteiger partial charge in [-0.05, 0) is 13.3 Å². The summed E-state index contributed by atoms with van der Waals surface area (Å²) >= 11 is 1.70. The third-order valence-electron chi connectivity index (χ3n) is 3.71. The molecule has 4 nitrogen and oxygen atoms in total. The van der Waals surface area contributed by atoms with Gasteiger partial charge < -0.3 is 5.32 Å². The highest BCUT2D eigenvalue weighted by Crippen LogP contribution is 2.17. The van der Waals surface area contributed by atoms with Crippen LogP contribution in [-0.4, -0.2) is 39.5 Å². The van der Waals surface area contributed by atoms with Gasteiger partial charge in [0.2, 0.25) is 0 Å². The zero-order valence-corrected chi connectivity index (χ0v) is 11.8. The molecule has 2 unspecified atom stereocenters. The largest absolute Gasteiger partial charge is 0.311 e. The van der Waals surface area contributed by atoms with Crippen molar-refractivity contribution in [2.75, 3.05) is 13.1 Å². The van der Waals surface area contributed by atoms with Gasteiger partial charge in [0.05, 0.1) is 5.69 Å². The van der Waals surface area contributed by atoms with E-state index in [0.717, 1.165) is 24.6 Å². The summed E-state index contributed by atoms with van der Waals surface area (Å²) in [7, 11) is 0. The molecule has 3 rings (SSSR count). The van der Waals surface area contributed by atoms with Crippen LogP contribution < -0.4 is 5.32 Å². The summed E-state index contributed by atoms with van der Waals surface area (Å²) in [6, 6.07) is 1.22. The summed E-state index contributed by atoms with van der Waals surface area (Å²) in [5, 5.41) is 5.63. The van der Waals surface area contributed by atoms with E-state index in [0.29, 0.717) is 12.1 Å². The first-order chi connectivity index (χ1) is 8.76. The van der Waals surface area contributed by atoms with Crippen LogP contribution in [0.25, 0.3) is 4.96 Å². The van der Waals surface area contributed by atoms with Crippen molar-refractivity contribution in [2.24, 2.45) is 0 Å². The maximum absolute atomic E-state index is 4.68. The molecule has 18 heavy (non-hydrogen) atoms. The van der Waals surface area contributed by atoms with Gasteiger partial charge in [0.15, 0.2) is 4.96 Å². The molecule has 0 aromatic carbocycles. The van der Waals surface area contributed by atoms with E-state index in [9.17, 15) is 0 Å². The smallest absolute Gasteiger partial charge is 0.193 e. The van der Waals surface area contributed by atoms with Crippen molar-refractivity contribution in [2.45, 2.75) is 38.9 Å². The summed E-state index contributed by atoms with van der Waals surface area (Å²) < 4.78 is 2.12. The van der Waals surface area contributed by atoms with Crippen molar-refractivity contribution >= 4 is 16.3 Å². The molecule has 1 saturated heterocycles. The lowest BCUT2D eigenvalue weighted by Gasteiger charge is -2.38. The third-order valence-corrected chi connectivity index (χ3v) is 4.48. The fourth-order valence-electron chi connectivity index (χ4n) is 2.69. The average Bonchev–Trinajstić information content (AvgIpc) is 2.90. The highest BCUT2D eigenvalue weighted by molar-refractivity contribution is 7.15. The van der Waals surface area contributed by atoms with E-state index in [-0.39, 0.29) is 0 Å². The number of piperazine rings is 1. The van der Waals surface area contributed by atoms with Gasteiger partial charge in [-0.3, -0.25) is 9.30 Å². The van der Waals surface area contributed by atoms with Gasteiger partial charge in [-0.25, -0.2) is 4.98 Å². The second-order valence-electron chi connectivity index (χ2n) is 5.13. The van der Waals surface area contributed by atoms with Gasteiger partial charge in [-0.1, -0.05) is 6.92 Å². The fraction of sp³-hybridized carbons (Fsp3) is 0.615. The molecule has 2 aromatic rings. The minimum Gasteiger partial charge on any atom is -0.311 e. The molecule has 1 fully saturated rings. The monoisotopic (exact) mass is 264 g/mol. The van der Waals surface area contributed by atoms with Crippen LogP contribution in [0.1, 0.15) is 26.0 Å². The normalized spacial score (nSPS) is 25.9. The summed E-state index contributed by atoms with van der Waals surface area (Å²) in [5.41, 5.74) is 1.19. The maximum Gasteiger partial charge on any atom is 0.193 e. The van der Waals surface area contributed by atoms with E-state index >= 15 is 0 Å². The average molecular weight is 264 g/mol. The Bertz CT molecular complexity index is 489. The molecular weight excluding hydrogens is 244 g/mol. The molecule has 1 aliphatic rings. The van der Waals surface area contributed by atoms with E-state index in [1.807, 2.05) is 0 Å². The molecule has 3 heterocycles. The van der Waals surface area contributed by atoms with Crippen LogP contribution in [0.4, 0.5) is 0 Å². The molecule has 0 spiro atoms. The Morgan fingerprint density at radius 1 is 1.56 bits per heavy atom. The molecule has 98 valence electrons. The molecule has 1 N–H and O–H groups in total. The summed E-state index contributed by atoms with van der Waals surface area (Å²) in [6.45, 7) is 7.70. The minimum atomic E-state index is 0.580. The molecule has 0 saturated carbocycles. The number of hydrogen-bond acceptors (Lipinski definition) is 4. The van der Waals surface area contributed by atoms with E-state index in [2.05, 4.69) is 51.2 Å². The zero-order chi connectivity index (χ0) is 12.5. The zero-order valence-electron chi connectivity index (χ0n) is 11.0. The first-order valence-electron chi connectivity index (χ1n) is 6.64. The number of nitrogens with one attached hydrogen (secondary N) is 1. The summed E-state index contributed by atoms with van der Waals surface area (Å²) in [5.74, 6) is 0. The van der Waals surface area contributed by atoms with Crippen molar-refractivity contribution in [1.29, 1.82) is 0 Å². The van der Waals surface area contributed by atoms with Crippen molar-refractivity contribution in [3.63, 3.8) is 0 Å². The van der Waals surface area contributed by atoms with Crippen LogP contribution in [0.5, 0.6) is 0 Å². The molecule has 2 atom stereocenters. The second kappa shape index (κ2) is 4.99. The summed E-state index contributed by atoms with van der Waals surface area (Å²) in [6.07, 6.45) is 5.43. The van der Waals surface area contributed by atoms with Crippen LogP contribution in [-0.2, 0) is 6.54 Å². The SMILES string of the molecule is CCC1CNC(C)CN1Cc1cn2ccsc2n1. The lowest BCUT2D eigenvalue weighted by Crippen LogP contribution is -2.54. The van der Waals surface area contributed by atoms with E-state index in [4.69, 9.17) is 0 Å². The van der Waals surface area contributed by atoms with E-state index in [1.54, 1.807) is 11.3 Å². The van der Waals surface area contributed by atoms with Gasteiger partial charge >= 0.3 is 0 Å². The molecule has 2 aromatic heterocycles. The molecule has 5 heteroatoms. The number of fused-ring (bicyclic) bond motifs is 1. The van der Waals surface area contributed by atoms with Crippen molar-refractivity contribution < 1.29 is 0 Å². The molecule has 1 aliphatic heterocycles. The van der Waals surface area contributed by atoms with Crippen LogP contribution in [0.3, 0.4) is 0 Å². The fourth-order valence-corrected chi connectivity index (χ4v) is 3.41. The number of aromatic nitrogens is 2. The van der Waals surface area contributed by atoms with Crippen molar-refractivity contribution in [1.82, 2.24) is 19.6 Å². The first kappa shape index (κ1) is 12.1. The molecule has 0 aliphatic carbocycles. The Hall–Kier alpha value is -0.910. The minimum absolute atomic E-state index is 0.580. The number of nitrogens with zero attached hydrogens (tertiary/aromatic N) is 3. The molecular formula is C13H20N4S. The Morgan fingerprint density at radius 3 is 3.22 bits per heavy atom. The van der Waals surface area contributed by atoms with Crippen LogP contribution >= 0.6 is 11.3 Å². The Balaban J connectivity index is 1.75. The quantitative estimate of drug-likeness (QED) is 0.920. The molecule has 0 amide bonds.